The minimum absolute atomic E-state index is 0.127. The van der Waals surface area contributed by atoms with Gasteiger partial charge in [0, 0.05) is 37.1 Å². The molecule has 0 aliphatic carbocycles. The third kappa shape index (κ3) is 3.68. The average molecular weight is 349 g/mol. The fourth-order valence-electron chi connectivity index (χ4n) is 2.82. The van der Waals surface area contributed by atoms with Gasteiger partial charge in [0.25, 0.3) is 0 Å². The molecule has 0 bridgehead atoms. The maximum Gasteiger partial charge on any atom is 0.303 e. The molecule has 0 amide bonds. The lowest BCUT2D eigenvalue weighted by Gasteiger charge is -2.25. The number of carbonyl (C=O) groups is 1. The van der Waals surface area contributed by atoms with E-state index in [-0.39, 0.29) is 25.1 Å². The van der Waals surface area contributed by atoms with Crippen molar-refractivity contribution in [1.82, 2.24) is 4.31 Å². The van der Waals surface area contributed by atoms with Crippen LogP contribution in [-0.4, -0.2) is 36.1 Å². The van der Waals surface area contributed by atoms with Gasteiger partial charge in [-0.05, 0) is 12.5 Å². The molecule has 6 nitrogen and oxygen atoms in total. The summed E-state index contributed by atoms with van der Waals surface area (Å²) in [6.45, 7) is 0.644. The fraction of sp³-hybridized carbons (Fsp3) is 0.353. The smallest absolute Gasteiger partial charge is 0.303 e. The van der Waals surface area contributed by atoms with Gasteiger partial charge in [-0.25, -0.2) is 8.42 Å². The highest BCUT2D eigenvalue weighted by atomic mass is 32.2. The molecule has 2 heterocycles. The highest BCUT2D eigenvalue weighted by Crippen LogP contribution is 2.30. The summed E-state index contributed by atoms with van der Waals surface area (Å²) in [6.07, 6.45) is 0.518. The Balaban J connectivity index is 1.72. The van der Waals surface area contributed by atoms with Crippen LogP contribution in [0.25, 0.3) is 11.3 Å². The normalized spacial score (nSPS) is 15.2. The summed E-state index contributed by atoms with van der Waals surface area (Å²) in [6, 6.07) is 11.6. The lowest BCUT2D eigenvalue weighted by Crippen LogP contribution is -2.37. The number of nitrogens with zero attached hydrogens (tertiary/aromatic N) is 1. The second kappa shape index (κ2) is 6.78. The molecular weight excluding hydrogens is 330 g/mol. The molecule has 1 N–H and O–H groups in total. The number of aliphatic carboxylic acids is 1. The number of hydrogen-bond donors (Lipinski definition) is 1. The Labute approximate surface area is 140 Å². The lowest BCUT2D eigenvalue weighted by atomic mass is 10.1. The second-order valence-electron chi connectivity index (χ2n) is 5.82. The predicted octanol–water partition coefficient (Wildman–Crippen LogP) is 2.50. The van der Waals surface area contributed by atoms with Gasteiger partial charge in [0.1, 0.15) is 11.5 Å². The first kappa shape index (κ1) is 16.7. The van der Waals surface area contributed by atoms with Crippen molar-refractivity contribution in [2.24, 2.45) is 0 Å². The molecule has 24 heavy (non-hydrogen) atoms. The number of fused-ring (bicyclic) bond motifs is 1. The highest BCUT2D eigenvalue weighted by Gasteiger charge is 2.29. The third-order valence-electron chi connectivity index (χ3n) is 4.08. The van der Waals surface area contributed by atoms with Gasteiger partial charge >= 0.3 is 5.97 Å². The average Bonchev–Trinajstić information content (AvgIpc) is 2.98. The number of carboxylic acids is 1. The van der Waals surface area contributed by atoms with Crippen LogP contribution in [0.1, 0.15) is 24.2 Å². The predicted molar refractivity (Wildman–Crippen MR) is 88.9 cm³/mol. The molecule has 0 spiro atoms. The van der Waals surface area contributed by atoms with Crippen LogP contribution in [0, 0.1) is 0 Å². The van der Waals surface area contributed by atoms with Crippen molar-refractivity contribution in [1.29, 1.82) is 0 Å². The van der Waals surface area contributed by atoms with Crippen LogP contribution in [0.2, 0.25) is 0 Å². The van der Waals surface area contributed by atoms with E-state index in [1.165, 1.54) is 4.31 Å². The standard InChI is InChI=1S/C17H19NO5S/c19-17(20)7-4-10-24(21,22)18-9-8-15-14(12-18)11-16(23-15)13-5-2-1-3-6-13/h1-3,5-6,11H,4,7-10,12H2,(H,19,20). The second-order valence-corrected chi connectivity index (χ2v) is 7.91. The van der Waals surface area contributed by atoms with Crippen LogP contribution in [0.3, 0.4) is 0 Å². The van der Waals surface area contributed by atoms with E-state index in [2.05, 4.69) is 0 Å². The molecular formula is C17H19NO5S. The van der Waals surface area contributed by atoms with E-state index in [1.807, 2.05) is 36.4 Å². The summed E-state index contributed by atoms with van der Waals surface area (Å²) < 4.78 is 32.0. The molecule has 0 fully saturated rings. The Morgan fingerprint density at radius 3 is 2.71 bits per heavy atom. The zero-order valence-corrected chi connectivity index (χ0v) is 14.0. The van der Waals surface area contributed by atoms with Gasteiger partial charge in [0.05, 0.1) is 5.75 Å². The van der Waals surface area contributed by atoms with Gasteiger partial charge in [-0.1, -0.05) is 30.3 Å². The summed E-state index contributed by atoms with van der Waals surface area (Å²) in [5.74, 6) is 0.447. The van der Waals surface area contributed by atoms with Crippen LogP contribution in [-0.2, 0) is 27.8 Å². The van der Waals surface area contributed by atoms with E-state index in [0.717, 1.165) is 22.6 Å². The van der Waals surface area contributed by atoms with Crippen molar-refractivity contribution in [2.75, 3.05) is 12.3 Å². The third-order valence-corrected chi connectivity index (χ3v) is 5.98. The van der Waals surface area contributed by atoms with Crippen LogP contribution < -0.4 is 0 Å². The molecule has 128 valence electrons. The van der Waals surface area contributed by atoms with E-state index in [0.29, 0.717) is 13.0 Å². The molecule has 3 rings (SSSR count). The van der Waals surface area contributed by atoms with E-state index in [9.17, 15) is 13.2 Å². The largest absolute Gasteiger partial charge is 0.481 e. The monoisotopic (exact) mass is 349 g/mol. The Morgan fingerprint density at radius 1 is 1.25 bits per heavy atom. The zero-order chi connectivity index (χ0) is 17.2. The topological polar surface area (TPSA) is 87.8 Å². The summed E-state index contributed by atoms with van der Waals surface area (Å²) >= 11 is 0. The fourth-order valence-corrected chi connectivity index (χ4v) is 4.30. The molecule has 0 unspecified atom stereocenters. The van der Waals surface area contributed by atoms with E-state index < -0.39 is 16.0 Å². The quantitative estimate of drug-likeness (QED) is 0.866. The molecule has 0 atom stereocenters. The number of rotatable bonds is 6. The maximum absolute atomic E-state index is 12.4. The highest BCUT2D eigenvalue weighted by molar-refractivity contribution is 7.89. The van der Waals surface area contributed by atoms with Crippen molar-refractivity contribution in [3.63, 3.8) is 0 Å². The number of benzene rings is 1. The molecule has 0 saturated carbocycles. The number of furan rings is 1. The van der Waals surface area contributed by atoms with Gasteiger partial charge in [-0.2, -0.15) is 4.31 Å². The Bertz CT molecular complexity index is 826. The maximum atomic E-state index is 12.4. The van der Waals surface area contributed by atoms with Crippen LogP contribution >= 0.6 is 0 Å². The molecule has 1 aliphatic rings. The Morgan fingerprint density at radius 2 is 2.00 bits per heavy atom. The first-order valence-corrected chi connectivity index (χ1v) is 9.43. The van der Waals surface area contributed by atoms with Crippen molar-refractivity contribution < 1.29 is 22.7 Å². The minimum atomic E-state index is -3.45. The van der Waals surface area contributed by atoms with Crippen LogP contribution in [0.4, 0.5) is 0 Å². The van der Waals surface area contributed by atoms with Crippen molar-refractivity contribution in [2.45, 2.75) is 25.8 Å². The van der Waals surface area contributed by atoms with Crippen LogP contribution in [0.5, 0.6) is 0 Å². The summed E-state index contributed by atoms with van der Waals surface area (Å²) in [4.78, 5) is 10.5. The Kier molecular flexibility index (Phi) is 4.73. The lowest BCUT2D eigenvalue weighted by molar-refractivity contribution is -0.137. The molecule has 1 aromatic heterocycles. The Hall–Kier alpha value is -2.12. The SMILES string of the molecule is O=C(O)CCCS(=O)(=O)N1CCc2oc(-c3ccccc3)cc2C1. The zero-order valence-electron chi connectivity index (χ0n) is 13.1. The number of carboxylic acid groups (broad SMARTS) is 1. The van der Waals surface area contributed by atoms with Gasteiger partial charge in [-0.3, -0.25) is 4.79 Å². The van der Waals surface area contributed by atoms with E-state index in [1.54, 1.807) is 0 Å². The van der Waals surface area contributed by atoms with E-state index >= 15 is 0 Å². The van der Waals surface area contributed by atoms with Gasteiger partial charge in [0.15, 0.2) is 0 Å². The van der Waals surface area contributed by atoms with E-state index in [4.69, 9.17) is 9.52 Å². The summed E-state index contributed by atoms with van der Waals surface area (Å²) in [5.41, 5.74) is 1.84. The summed E-state index contributed by atoms with van der Waals surface area (Å²) in [5, 5.41) is 8.64. The van der Waals surface area contributed by atoms with Crippen molar-refractivity contribution >= 4 is 16.0 Å². The van der Waals surface area contributed by atoms with Crippen molar-refractivity contribution in [3.8, 4) is 11.3 Å². The molecule has 7 heteroatoms. The number of sulfonamides is 1. The molecule has 0 saturated heterocycles. The molecule has 1 aromatic carbocycles. The minimum Gasteiger partial charge on any atom is -0.481 e. The first-order chi connectivity index (χ1) is 11.5. The summed E-state index contributed by atoms with van der Waals surface area (Å²) in [7, 11) is -3.45. The van der Waals surface area contributed by atoms with Crippen LogP contribution in [0.15, 0.2) is 40.8 Å². The first-order valence-electron chi connectivity index (χ1n) is 7.82. The molecule has 0 radical (unpaired) electrons. The van der Waals surface area contributed by atoms with Gasteiger partial charge < -0.3 is 9.52 Å². The number of hydrogen-bond acceptors (Lipinski definition) is 4. The van der Waals surface area contributed by atoms with Crippen molar-refractivity contribution in [3.05, 3.63) is 47.7 Å². The van der Waals surface area contributed by atoms with Gasteiger partial charge in [-0.15, -0.1) is 0 Å². The molecule has 1 aliphatic heterocycles. The van der Waals surface area contributed by atoms with Gasteiger partial charge in [0.2, 0.25) is 10.0 Å². The molecule has 2 aromatic rings.